The fraction of sp³-hybridized carbons (Fsp3) is 0.0556. The second-order valence-corrected chi connectivity index (χ2v) is 4.51. The smallest absolute Gasteiger partial charge is 0.221 e. The molecule has 0 unspecified atom stereocenters. The van der Waals surface area contributed by atoms with Crippen LogP contribution in [0.25, 0.3) is 10.8 Å². The Morgan fingerprint density at radius 2 is 1.50 bits per heavy atom. The third-order valence-electron chi connectivity index (χ3n) is 3.16. The Morgan fingerprint density at radius 1 is 0.800 bits per heavy atom. The predicted molar refractivity (Wildman–Crippen MR) is 83.5 cm³/mol. The van der Waals surface area contributed by atoms with E-state index >= 15 is 0 Å². The van der Waals surface area contributed by atoms with Crippen molar-refractivity contribution in [2.45, 2.75) is 0 Å². The average molecular weight is 261 g/mol. The molecule has 0 aliphatic rings. The number of aliphatic imine (C=N–C) groups is 1. The van der Waals surface area contributed by atoms with E-state index in [9.17, 15) is 0 Å². The maximum atomic E-state index is 5.91. The van der Waals surface area contributed by atoms with E-state index in [1.165, 1.54) is 5.39 Å². The summed E-state index contributed by atoms with van der Waals surface area (Å²) in [7, 11) is 1.74. The number of benzene rings is 3. The standard InChI is InChI=1S/C18H15NO/c1-19-18(15-8-3-2-4-9-15)20-17-12-11-14-7-5-6-10-16(14)13-17/h2-13H,1H3. The summed E-state index contributed by atoms with van der Waals surface area (Å²) >= 11 is 0. The van der Waals surface area contributed by atoms with Gasteiger partial charge in [-0.3, -0.25) is 4.99 Å². The lowest BCUT2D eigenvalue weighted by molar-refractivity contribution is 0.552. The fourth-order valence-electron chi connectivity index (χ4n) is 2.16. The van der Waals surface area contributed by atoms with E-state index in [0.29, 0.717) is 5.90 Å². The minimum absolute atomic E-state index is 0.626. The molecule has 0 saturated carbocycles. The monoisotopic (exact) mass is 261 g/mol. The number of hydrogen-bond acceptors (Lipinski definition) is 2. The molecule has 0 amide bonds. The first kappa shape index (κ1) is 12.4. The molecule has 98 valence electrons. The van der Waals surface area contributed by atoms with E-state index in [1.54, 1.807) is 7.05 Å². The van der Waals surface area contributed by atoms with Gasteiger partial charge in [-0.05, 0) is 35.0 Å². The maximum Gasteiger partial charge on any atom is 0.221 e. The Morgan fingerprint density at radius 3 is 2.25 bits per heavy atom. The van der Waals surface area contributed by atoms with E-state index < -0.39 is 0 Å². The molecule has 20 heavy (non-hydrogen) atoms. The van der Waals surface area contributed by atoms with Gasteiger partial charge in [-0.1, -0.05) is 48.5 Å². The van der Waals surface area contributed by atoms with Crippen molar-refractivity contribution in [3.63, 3.8) is 0 Å². The van der Waals surface area contributed by atoms with Gasteiger partial charge in [-0.25, -0.2) is 0 Å². The zero-order chi connectivity index (χ0) is 13.8. The summed E-state index contributed by atoms with van der Waals surface area (Å²) in [5, 5.41) is 2.36. The SMILES string of the molecule is CN=C(Oc1ccc2ccccc2c1)c1ccccc1. The van der Waals surface area contributed by atoms with Gasteiger partial charge in [0.2, 0.25) is 5.90 Å². The van der Waals surface area contributed by atoms with Crippen molar-refractivity contribution in [2.75, 3.05) is 7.05 Å². The van der Waals surface area contributed by atoms with E-state index in [1.807, 2.05) is 54.6 Å². The topological polar surface area (TPSA) is 21.6 Å². The molecule has 0 aliphatic heterocycles. The van der Waals surface area contributed by atoms with Gasteiger partial charge >= 0.3 is 0 Å². The zero-order valence-electron chi connectivity index (χ0n) is 11.3. The van der Waals surface area contributed by atoms with Crippen molar-refractivity contribution in [2.24, 2.45) is 4.99 Å². The first-order valence-electron chi connectivity index (χ1n) is 6.56. The summed E-state index contributed by atoms with van der Waals surface area (Å²) in [5.41, 5.74) is 0.975. The Labute approximate surface area is 118 Å². The minimum atomic E-state index is 0.626. The maximum absolute atomic E-state index is 5.91. The lowest BCUT2D eigenvalue weighted by Gasteiger charge is -2.09. The highest BCUT2D eigenvalue weighted by molar-refractivity contribution is 5.96. The first-order chi connectivity index (χ1) is 9.86. The van der Waals surface area contributed by atoms with E-state index in [2.05, 4.69) is 23.2 Å². The molecule has 0 radical (unpaired) electrons. The number of hydrogen-bond donors (Lipinski definition) is 0. The van der Waals surface area contributed by atoms with Gasteiger partial charge in [-0.15, -0.1) is 0 Å². The summed E-state index contributed by atoms with van der Waals surface area (Å²) in [4.78, 5) is 4.23. The average Bonchev–Trinajstić information content (AvgIpc) is 2.53. The largest absolute Gasteiger partial charge is 0.439 e. The van der Waals surface area contributed by atoms with Crippen LogP contribution in [-0.2, 0) is 0 Å². The highest BCUT2D eigenvalue weighted by atomic mass is 16.5. The summed E-state index contributed by atoms with van der Waals surface area (Å²) in [6.45, 7) is 0. The lowest BCUT2D eigenvalue weighted by Crippen LogP contribution is -2.09. The number of ether oxygens (including phenoxy) is 1. The molecule has 0 aromatic heterocycles. The fourth-order valence-corrected chi connectivity index (χ4v) is 2.16. The molecule has 0 atom stereocenters. The molecule has 2 nitrogen and oxygen atoms in total. The Kier molecular flexibility index (Phi) is 3.46. The summed E-state index contributed by atoms with van der Waals surface area (Å²) < 4.78 is 5.91. The Hall–Kier alpha value is -2.61. The third-order valence-corrected chi connectivity index (χ3v) is 3.16. The van der Waals surface area contributed by atoms with Crippen molar-refractivity contribution in [1.82, 2.24) is 0 Å². The molecule has 3 aromatic rings. The number of nitrogens with zero attached hydrogens (tertiary/aromatic N) is 1. The van der Waals surface area contributed by atoms with Crippen LogP contribution in [0.5, 0.6) is 5.75 Å². The summed E-state index contributed by atoms with van der Waals surface area (Å²) in [6.07, 6.45) is 0. The van der Waals surface area contributed by atoms with Crippen molar-refractivity contribution < 1.29 is 4.74 Å². The van der Waals surface area contributed by atoms with Gasteiger partial charge in [0.25, 0.3) is 0 Å². The minimum Gasteiger partial charge on any atom is -0.439 e. The Balaban J connectivity index is 1.92. The van der Waals surface area contributed by atoms with Gasteiger partial charge in [0, 0.05) is 12.6 Å². The van der Waals surface area contributed by atoms with Crippen molar-refractivity contribution in [1.29, 1.82) is 0 Å². The molecule has 0 spiro atoms. The normalized spacial score (nSPS) is 11.6. The van der Waals surface area contributed by atoms with Crippen molar-refractivity contribution in [3.05, 3.63) is 78.4 Å². The third kappa shape index (κ3) is 2.54. The molecule has 0 aliphatic carbocycles. The summed E-state index contributed by atoms with van der Waals surface area (Å²) in [6, 6.07) is 24.2. The molecular weight excluding hydrogens is 246 g/mol. The molecular formula is C18H15NO. The lowest BCUT2D eigenvalue weighted by atomic mass is 10.1. The van der Waals surface area contributed by atoms with E-state index in [4.69, 9.17) is 4.74 Å². The quantitative estimate of drug-likeness (QED) is 0.498. The molecule has 2 heteroatoms. The van der Waals surface area contributed by atoms with Crippen LogP contribution in [-0.4, -0.2) is 12.9 Å². The van der Waals surface area contributed by atoms with Gasteiger partial charge in [-0.2, -0.15) is 0 Å². The molecule has 0 bridgehead atoms. The van der Waals surface area contributed by atoms with Crippen LogP contribution in [0.1, 0.15) is 5.56 Å². The highest BCUT2D eigenvalue weighted by Crippen LogP contribution is 2.21. The zero-order valence-corrected chi connectivity index (χ0v) is 11.3. The van der Waals surface area contributed by atoms with Gasteiger partial charge in [0.1, 0.15) is 5.75 Å². The molecule has 0 fully saturated rings. The van der Waals surface area contributed by atoms with Crippen LogP contribution in [0.4, 0.5) is 0 Å². The summed E-state index contributed by atoms with van der Waals surface area (Å²) in [5.74, 6) is 1.43. The second-order valence-electron chi connectivity index (χ2n) is 4.51. The second kappa shape index (κ2) is 5.57. The highest BCUT2D eigenvalue weighted by Gasteiger charge is 2.05. The van der Waals surface area contributed by atoms with Crippen molar-refractivity contribution >= 4 is 16.7 Å². The van der Waals surface area contributed by atoms with E-state index in [0.717, 1.165) is 16.7 Å². The van der Waals surface area contributed by atoms with Crippen LogP contribution < -0.4 is 4.74 Å². The molecule has 0 N–H and O–H groups in total. The first-order valence-corrected chi connectivity index (χ1v) is 6.56. The molecule has 3 aromatic carbocycles. The van der Waals surface area contributed by atoms with Crippen LogP contribution in [0.3, 0.4) is 0 Å². The van der Waals surface area contributed by atoms with Crippen LogP contribution in [0, 0.1) is 0 Å². The number of fused-ring (bicyclic) bond motifs is 1. The number of rotatable bonds is 2. The van der Waals surface area contributed by atoms with Gasteiger partial charge < -0.3 is 4.74 Å². The Bertz CT molecular complexity index is 747. The van der Waals surface area contributed by atoms with Crippen LogP contribution in [0.15, 0.2) is 77.8 Å². The van der Waals surface area contributed by atoms with Gasteiger partial charge in [0.05, 0.1) is 0 Å². The molecule has 3 rings (SSSR count). The molecule has 0 heterocycles. The molecule has 0 saturated heterocycles. The van der Waals surface area contributed by atoms with Crippen LogP contribution in [0.2, 0.25) is 0 Å². The van der Waals surface area contributed by atoms with Crippen LogP contribution >= 0.6 is 0 Å². The predicted octanol–water partition coefficient (Wildman–Crippen LogP) is 4.30. The van der Waals surface area contributed by atoms with Gasteiger partial charge in [0.15, 0.2) is 0 Å². The van der Waals surface area contributed by atoms with Crippen molar-refractivity contribution in [3.8, 4) is 5.75 Å². The van der Waals surface area contributed by atoms with E-state index in [-0.39, 0.29) is 0 Å².